The monoisotopic (exact) mass is 290 g/mol. The summed E-state index contributed by atoms with van der Waals surface area (Å²) in [5.41, 5.74) is 2.92. The van der Waals surface area contributed by atoms with E-state index in [1.807, 2.05) is 13.8 Å². The number of aliphatic carboxylic acids is 1. The summed E-state index contributed by atoms with van der Waals surface area (Å²) in [7, 11) is 0. The number of carboxylic acid groups (broad SMARTS) is 1. The van der Waals surface area contributed by atoms with Gasteiger partial charge in [0.05, 0.1) is 0 Å². The SMILES string of the molecule is CCC1CCCC(c2nc(C)c(CCC(=O)O)c(C)n2)C1. The Morgan fingerprint density at radius 2 is 1.90 bits per heavy atom. The van der Waals surface area contributed by atoms with Crippen molar-refractivity contribution in [1.29, 1.82) is 0 Å². The second-order valence-electron chi connectivity index (χ2n) is 6.26. The number of aromatic nitrogens is 2. The van der Waals surface area contributed by atoms with Gasteiger partial charge in [-0.2, -0.15) is 0 Å². The Bertz CT molecular complexity index is 491. The number of carboxylic acids is 1. The smallest absolute Gasteiger partial charge is 0.303 e. The predicted octanol–water partition coefficient (Wildman–Crippen LogP) is 3.79. The number of nitrogens with zero attached hydrogens (tertiary/aromatic N) is 2. The van der Waals surface area contributed by atoms with Crippen LogP contribution < -0.4 is 0 Å². The van der Waals surface area contributed by atoms with Gasteiger partial charge in [0.2, 0.25) is 0 Å². The fourth-order valence-corrected chi connectivity index (χ4v) is 3.44. The molecule has 0 radical (unpaired) electrons. The third-order valence-electron chi connectivity index (χ3n) is 4.75. The van der Waals surface area contributed by atoms with Crippen LogP contribution >= 0.6 is 0 Å². The van der Waals surface area contributed by atoms with Crippen molar-refractivity contribution in [3.05, 3.63) is 22.8 Å². The molecule has 0 bridgehead atoms. The molecule has 0 aliphatic heterocycles. The topological polar surface area (TPSA) is 63.1 Å². The van der Waals surface area contributed by atoms with E-state index in [0.717, 1.165) is 28.7 Å². The van der Waals surface area contributed by atoms with Gasteiger partial charge < -0.3 is 5.11 Å². The zero-order valence-corrected chi connectivity index (χ0v) is 13.4. The molecule has 1 N–H and O–H groups in total. The van der Waals surface area contributed by atoms with Gasteiger partial charge in [0, 0.05) is 23.7 Å². The minimum absolute atomic E-state index is 0.145. The van der Waals surface area contributed by atoms with E-state index in [9.17, 15) is 4.79 Å². The lowest BCUT2D eigenvalue weighted by atomic mass is 9.79. The standard InChI is InChI=1S/C17H26N2O2/c1-4-13-6-5-7-14(10-13)17-18-11(2)15(12(3)19-17)8-9-16(20)21/h13-14H,4-10H2,1-3H3,(H,20,21). The van der Waals surface area contributed by atoms with E-state index in [4.69, 9.17) is 15.1 Å². The quantitative estimate of drug-likeness (QED) is 0.896. The Balaban J connectivity index is 2.16. The van der Waals surface area contributed by atoms with Gasteiger partial charge in [-0.25, -0.2) is 9.97 Å². The summed E-state index contributed by atoms with van der Waals surface area (Å²) in [4.78, 5) is 20.1. The third-order valence-corrected chi connectivity index (χ3v) is 4.75. The summed E-state index contributed by atoms with van der Waals surface area (Å²) in [6.07, 6.45) is 6.90. The number of rotatable bonds is 5. The van der Waals surface area contributed by atoms with Crippen LogP contribution in [0.4, 0.5) is 0 Å². The van der Waals surface area contributed by atoms with Gasteiger partial charge in [-0.05, 0) is 44.6 Å². The third kappa shape index (κ3) is 4.02. The van der Waals surface area contributed by atoms with Gasteiger partial charge in [0.15, 0.2) is 0 Å². The van der Waals surface area contributed by atoms with Gasteiger partial charge >= 0.3 is 5.97 Å². The van der Waals surface area contributed by atoms with E-state index < -0.39 is 5.97 Å². The second kappa shape index (κ2) is 7.01. The second-order valence-corrected chi connectivity index (χ2v) is 6.26. The van der Waals surface area contributed by atoms with Gasteiger partial charge in [-0.15, -0.1) is 0 Å². The van der Waals surface area contributed by atoms with Crippen molar-refractivity contribution in [1.82, 2.24) is 9.97 Å². The summed E-state index contributed by atoms with van der Waals surface area (Å²) in [5.74, 6) is 1.49. The van der Waals surface area contributed by atoms with Crippen LogP contribution in [0, 0.1) is 19.8 Å². The van der Waals surface area contributed by atoms with E-state index in [1.165, 1.54) is 32.1 Å². The molecule has 116 valence electrons. The molecule has 0 spiro atoms. The molecule has 2 atom stereocenters. The first-order valence-corrected chi connectivity index (χ1v) is 8.07. The van der Waals surface area contributed by atoms with Crippen molar-refractivity contribution in [3.63, 3.8) is 0 Å². The van der Waals surface area contributed by atoms with Crippen molar-refractivity contribution in [2.24, 2.45) is 5.92 Å². The highest BCUT2D eigenvalue weighted by Crippen LogP contribution is 2.36. The zero-order chi connectivity index (χ0) is 15.4. The first-order valence-electron chi connectivity index (χ1n) is 8.07. The molecule has 1 saturated carbocycles. The van der Waals surface area contributed by atoms with E-state index in [2.05, 4.69) is 6.92 Å². The fraction of sp³-hybridized carbons (Fsp3) is 0.706. The van der Waals surface area contributed by atoms with Crippen LogP contribution in [-0.4, -0.2) is 21.0 Å². The molecular weight excluding hydrogens is 264 g/mol. The molecule has 1 aromatic rings. The van der Waals surface area contributed by atoms with Gasteiger partial charge in [0.25, 0.3) is 0 Å². The lowest BCUT2D eigenvalue weighted by Gasteiger charge is -2.28. The fourth-order valence-electron chi connectivity index (χ4n) is 3.44. The molecular formula is C17H26N2O2. The average Bonchev–Trinajstić information content (AvgIpc) is 2.46. The molecule has 21 heavy (non-hydrogen) atoms. The lowest BCUT2D eigenvalue weighted by molar-refractivity contribution is -0.136. The predicted molar refractivity (Wildman–Crippen MR) is 82.5 cm³/mol. The largest absolute Gasteiger partial charge is 0.481 e. The normalized spacial score (nSPS) is 22.2. The zero-order valence-electron chi connectivity index (χ0n) is 13.4. The van der Waals surface area contributed by atoms with Gasteiger partial charge in [-0.3, -0.25) is 4.79 Å². The summed E-state index contributed by atoms with van der Waals surface area (Å²) in [6, 6.07) is 0. The Hall–Kier alpha value is -1.45. The average molecular weight is 290 g/mol. The summed E-state index contributed by atoms with van der Waals surface area (Å²) in [5, 5.41) is 8.83. The molecule has 1 aliphatic carbocycles. The van der Waals surface area contributed by atoms with Gasteiger partial charge in [0.1, 0.15) is 5.82 Å². The highest BCUT2D eigenvalue weighted by atomic mass is 16.4. The van der Waals surface area contributed by atoms with E-state index in [0.29, 0.717) is 12.3 Å². The van der Waals surface area contributed by atoms with Crippen molar-refractivity contribution < 1.29 is 9.90 Å². The molecule has 2 unspecified atom stereocenters. The molecule has 0 aromatic carbocycles. The molecule has 0 saturated heterocycles. The Morgan fingerprint density at radius 1 is 1.24 bits per heavy atom. The number of carbonyl (C=O) groups is 1. The number of hydrogen-bond acceptors (Lipinski definition) is 3. The molecule has 1 aliphatic rings. The van der Waals surface area contributed by atoms with E-state index in [1.54, 1.807) is 0 Å². The van der Waals surface area contributed by atoms with E-state index >= 15 is 0 Å². The lowest BCUT2D eigenvalue weighted by Crippen LogP contribution is -2.17. The summed E-state index contributed by atoms with van der Waals surface area (Å²) < 4.78 is 0. The highest BCUT2D eigenvalue weighted by molar-refractivity contribution is 5.67. The Morgan fingerprint density at radius 3 is 2.48 bits per heavy atom. The first kappa shape index (κ1) is 15.9. The van der Waals surface area contributed by atoms with Crippen molar-refractivity contribution >= 4 is 5.97 Å². The molecule has 1 aromatic heterocycles. The minimum Gasteiger partial charge on any atom is -0.481 e. The number of hydrogen-bond donors (Lipinski definition) is 1. The Labute approximate surface area is 127 Å². The molecule has 1 fully saturated rings. The minimum atomic E-state index is -0.768. The number of aryl methyl sites for hydroxylation is 2. The first-order chi connectivity index (χ1) is 10.0. The van der Waals surface area contributed by atoms with Crippen LogP contribution in [0.5, 0.6) is 0 Å². The molecule has 4 heteroatoms. The molecule has 0 amide bonds. The highest BCUT2D eigenvalue weighted by Gasteiger charge is 2.25. The molecule has 1 heterocycles. The summed E-state index contributed by atoms with van der Waals surface area (Å²) >= 11 is 0. The van der Waals surface area contributed by atoms with Crippen LogP contribution in [0.15, 0.2) is 0 Å². The van der Waals surface area contributed by atoms with Crippen molar-refractivity contribution in [2.75, 3.05) is 0 Å². The molecule has 4 nitrogen and oxygen atoms in total. The maximum atomic E-state index is 10.7. The maximum Gasteiger partial charge on any atom is 0.303 e. The Kier molecular flexibility index (Phi) is 5.32. The van der Waals surface area contributed by atoms with Gasteiger partial charge in [-0.1, -0.05) is 26.2 Å². The van der Waals surface area contributed by atoms with Crippen molar-refractivity contribution in [3.8, 4) is 0 Å². The van der Waals surface area contributed by atoms with Crippen LogP contribution in [-0.2, 0) is 11.2 Å². The van der Waals surface area contributed by atoms with Crippen LogP contribution in [0.25, 0.3) is 0 Å². The van der Waals surface area contributed by atoms with E-state index in [-0.39, 0.29) is 6.42 Å². The van der Waals surface area contributed by atoms with Crippen LogP contribution in [0.1, 0.15) is 74.1 Å². The molecule has 2 rings (SSSR count). The van der Waals surface area contributed by atoms with Crippen LogP contribution in [0.2, 0.25) is 0 Å². The van der Waals surface area contributed by atoms with Crippen molar-refractivity contribution in [2.45, 2.75) is 71.6 Å². The maximum absolute atomic E-state index is 10.7. The summed E-state index contributed by atoms with van der Waals surface area (Å²) in [6.45, 7) is 6.23. The van der Waals surface area contributed by atoms with Crippen LogP contribution in [0.3, 0.4) is 0 Å².